The third kappa shape index (κ3) is 2.57. The molecule has 0 aliphatic heterocycles. The Labute approximate surface area is 105 Å². The number of nitrogens with zero attached hydrogens (tertiary/aromatic N) is 2. The van der Waals surface area contributed by atoms with Crippen molar-refractivity contribution in [1.29, 1.82) is 0 Å². The smallest absolute Gasteiger partial charge is 0.220 e. The maximum absolute atomic E-state index is 9.12. The Hall–Kier alpha value is -2.14. The summed E-state index contributed by atoms with van der Waals surface area (Å²) in [5.74, 6) is 1.37. The normalized spacial score (nSPS) is 10.2. The fourth-order valence-corrected chi connectivity index (χ4v) is 1.55. The van der Waals surface area contributed by atoms with Crippen LogP contribution in [0.15, 0.2) is 30.3 Å². The molecule has 0 aliphatic carbocycles. The number of aliphatic hydroxyl groups excluding tert-OH is 1. The van der Waals surface area contributed by atoms with Gasteiger partial charge >= 0.3 is 0 Å². The van der Waals surface area contributed by atoms with Crippen LogP contribution in [0.3, 0.4) is 0 Å². The maximum Gasteiger partial charge on any atom is 0.220 e. The van der Waals surface area contributed by atoms with Gasteiger partial charge in [0.1, 0.15) is 0 Å². The van der Waals surface area contributed by atoms with E-state index in [9.17, 15) is 0 Å². The van der Waals surface area contributed by atoms with Gasteiger partial charge < -0.3 is 14.6 Å². The molecule has 0 saturated carbocycles. The lowest BCUT2D eigenvalue weighted by Gasteiger charge is -2.07. The van der Waals surface area contributed by atoms with Crippen molar-refractivity contribution in [1.82, 2.24) is 9.97 Å². The highest BCUT2D eigenvalue weighted by molar-refractivity contribution is 5.57. The lowest BCUT2D eigenvalue weighted by Crippen LogP contribution is -1.97. The number of aromatic nitrogens is 2. The first kappa shape index (κ1) is 12.3. The van der Waals surface area contributed by atoms with Crippen molar-refractivity contribution in [2.75, 3.05) is 14.2 Å². The Balaban J connectivity index is 2.48. The molecule has 1 aromatic heterocycles. The topological polar surface area (TPSA) is 64.5 Å². The summed E-state index contributed by atoms with van der Waals surface area (Å²) in [7, 11) is 3.07. The number of aliphatic hydroxyl groups is 1. The molecule has 94 valence electrons. The van der Waals surface area contributed by atoms with Gasteiger partial charge in [0.15, 0.2) is 5.82 Å². The van der Waals surface area contributed by atoms with E-state index >= 15 is 0 Å². The Morgan fingerprint density at radius 1 is 1.06 bits per heavy atom. The van der Waals surface area contributed by atoms with E-state index in [2.05, 4.69) is 9.97 Å². The molecule has 0 spiro atoms. The summed E-state index contributed by atoms with van der Waals surface area (Å²) in [5, 5.41) is 9.12. The van der Waals surface area contributed by atoms with E-state index in [1.165, 1.54) is 14.2 Å². The van der Waals surface area contributed by atoms with E-state index in [1.54, 1.807) is 6.07 Å². The molecule has 1 heterocycles. The lowest BCUT2D eigenvalue weighted by atomic mass is 10.1. The van der Waals surface area contributed by atoms with Gasteiger partial charge in [-0.05, 0) is 11.6 Å². The molecule has 1 aromatic carbocycles. The molecule has 1 N–H and O–H groups in total. The van der Waals surface area contributed by atoms with Crippen LogP contribution in [0.25, 0.3) is 11.4 Å². The largest absolute Gasteiger partial charge is 0.481 e. The third-order valence-corrected chi connectivity index (χ3v) is 2.47. The molecular weight excluding hydrogens is 232 g/mol. The second kappa shape index (κ2) is 5.46. The van der Waals surface area contributed by atoms with Gasteiger partial charge in [-0.1, -0.05) is 18.2 Å². The van der Waals surface area contributed by atoms with Crippen molar-refractivity contribution in [3.8, 4) is 23.1 Å². The zero-order chi connectivity index (χ0) is 13.0. The van der Waals surface area contributed by atoms with E-state index < -0.39 is 0 Å². The first-order valence-corrected chi connectivity index (χ1v) is 5.44. The van der Waals surface area contributed by atoms with E-state index in [1.807, 2.05) is 24.3 Å². The number of methoxy groups -OCH3 is 2. The van der Waals surface area contributed by atoms with E-state index in [-0.39, 0.29) is 6.61 Å². The second-order valence-corrected chi connectivity index (χ2v) is 3.63. The first-order chi connectivity index (χ1) is 8.76. The molecule has 0 radical (unpaired) electrons. The fraction of sp³-hybridized carbons (Fsp3) is 0.231. The molecule has 2 aromatic rings. The standard InChI is InChI=1S/C13H14N2O3/c1-17-11-7-12(18-2)15-13(14-11)10-5-3-4-9(6-10)8-16/h3-7,16H,8H2,1-2H3. The van der Waals surface area contributed by atoms with E-state index in [0.29, 0.717) is 17.6 Å². The first-order valence-electron chi connectivity index (χ1n) is 5.44. The Bertz CT molecular complexity index is 521. The number of benzene rings is 1. The number of rotatable bonds is 4. The van der Waals surface area contributed by atoms with Crippen molar-refractivity contribution in [3.05, 3.63) is 35.9 Å². The molecular formula is C13H14N2O3. The van der Waals surface area contributed by atoms with Gasteiger partial charge in [-0.3, -0.25) is 0 Å². The molecule has 5 heteroatoms. The van der Waals surface area contributed by atoms with Crippen molar-refractivity contribution in [2.24, 2.45) is 0 Å². The van der Waals surface area contributed by atoms with Gasteiger partial charge in [0.25, 0.3) is 0 Å². The van der Waals surface area contributed by atoms with Gasteiger partial charge in [0.05, 0.1) is 26.9 Å². The van der Waals surface area contributed by atoms with Crippen LogP contribution in [0.4, 0.5) is 0 Å². The highest BCUT2D eigenvalue weighted by atomic mass is 16.5. The van der Waals surface area contributed by atoms with Crippen LogP contribution >= 0.6 is 0 Å². The van der Waals surface area contributed by atoms with Crippen LogP contribution in [-0.4, -0.2) is 29.3 Å². The molecule has 5 nitrogen and oxygen atoms in total. The molecule has 0 atom stereocenters. The average Bonchev–Trinajstić information content (AvgIpc) is 2.46. The van der Waals surface area contributed by atoms with Gasteiger partial charge in [-0.25, -0.2) is 0 Å². The lowest BCUT2D eigenvalue weighted by molar-refractivity contribution is 0.282. The van der Waals surface area contributed by atoms with Crippen LogP contribution in [0.1, 0.15) is 5.56 Å². The summed E-state index contributed by atoms with van der Waals surface area (Å²) in [6.45, 7) is -0.0189. The molecule has 18 heavy (non-hydrogen) atoms. The third-order valence-electron chi connectivity index (χ3n) is 2.47. The Morgan fingerprint density at radius 2 is 1.72 bits per heavy atom. The summed E-state index contributed by atoms with van der Waals surface area (Å²) in [6.07, 6.45) is 0. The summed E-state index contributed by atoms with van der Waals surface area (Å²) in [6, 6.07) is 8.98. The number of ether oxygens (including phenoxy) is 2. The van der Waals surface area contributed by atoms with Crippen LogP contribution in [0, 0.1) is 0 Å². The Morgan fingerprint density at radius 3 is 2.28 bits per heavy atom. The maximum atomic E-state index is 9.12. The van der Waals surface area contributed by atoms with Crippen LogP contribution in [-0.2, 0) is 6.61 Å². The molecule has 0 unspecified atom stereocenters. The van der Waals surface area contributed by atoms with Crippen LogP contribution in [0.5, 0.6) is 11.8 Å². The molecule has 0 fully saturated rings. The van der Waals surface area contributed by atoms with Gasteiger partial charge in [0.2, 0.25) is 11.8 Å². The quantitative estimate of drug-likeness (QED) is 0.888. The highest BCUT2D eigenvalue weighted by Crippen LogP contribution is 2.23. The zero-order valence-electron chi connectivity index (χ0n) is 10.3. The fourth-order valence-electron chi connectivity index (χ4n) is 1.55. The van der Waals surface area contributed by atoms with E-state index in [4.69, 9.17) is 14.6 Å². The molecule has 0 saturated heterocycles. The zero-order valence-corrected chi connectivity index (χ0v) is 10.3. The van der Waals surface area contributed by atoms with Crippen molar-refractivity contribution >= 4 is 0 Å². The van der Waals surface area contributed by atoms with Gasteiger partial charge in [-0.2, -0.15) is 9.97 Å². The molecule has 0 amide bonds. The molecule has 2 rings (SSSR count). The van der Waals surface area contributed by atoms with Crippen molar-refractivity contribution < 1.29 is 14.6 Å². The molecule has 0 aliphatic rings. The van der Waals surface area contributed by atoms with E-state index in [0.717, 1.165) is 11.1 Å². The number of hydrogen-bond donors (Lipinski definition) is 1. The minimum absolute atomic E-state index is 0.0189. The average molecular weight is 246 g/mol. The van der Waals surface area contributed by atoms with Crippen molar-refractivity contribution in [2.45, 2.75) is 6.61 Å². The summed E-state index contributed by atoms with van der Waals surface area (Å²) in [5.41, 5.74) is 1.61. The van der Waals surface area contributed by atoms with Gasteiger partial charge in [-0.15, -0.1) is 0 Å². The van der Waals surface area contributed by atoms with Crippen molar-refractivity contribution in [3.63, 3.8) is 0 Å². The SMILES string of the molecule is COc1cc(OC)nc(-c2cccc(CO)c2)n1. The minimum atomic E-state index is -0.0189. The highest BCUT2D eigenvalue weighted by Gasteiger charge is 2.08. The van der Waals surface area contributed by atoms with Gasteiger partial charge in [0, 0.05) is 5.56 Å². The van der Waals surface area contributed by atoms with Crippen LogP contribution < -0.4 is 9.47 Å². The summed E-state index contributed by atoms with van der Waals surface area (Å²) < 4.78 is 10.2. The Kier molecular flexibility index (Phi) is 3.74. The number of hydrogen-bond acceptors (Lipinski definition) is 5. The summed E-state index contributed by atoms with van der Waals surface area (Å²) in [4.78, 5) is 8.50. The van der Waals surface area contributed by atoms with Crippen LogP contribution in [0.2, 0.25) is 0 Å². The minimum Gasteiger partial charge on any atom is -0.481 e. The monoisotopic (exact) mass is 246 g/mol. The summed E-state index contributed by atoms with van der Waals surface area (Å²) >= 11 is 0. The predicted octanol–water partition coefficient (Wildman–Crippen LogP) is 1.65. The molecule has 0 bridgehead atoms. The second-order valence-electron chi connectivity index (χ2n) is 3.63. The predicted molar refractivity (Wildman–Crippen MR) is 66.5 cm³/mol.